The lowest BCUT2D eigenvalue weighted by atomic mass is 10.1. The first-order valence-corrected chi connectivity index (χ1v) is 6.98. The Morgan fingerprint density at radius 2 is 2.00 bits per heavy atom. The van der Waals surface area contributed by atoms with Gasteiger partial charge in [0.1, 0.15) is 0 Å². The normalized spacial score (nSPS) is 11.6. The molecule has 1 heterocycles. The summed E-state index contributed by atoms with van der Waals surface area (Å²) in [5, 5.41) is 12.3. The van der Waals surface area contributed by atoms with Crippen molar-refractivity contribution in [1.82, 2.24) is 9.55 Å². The average Bonchev–Trinajstić information content (AvgIpc) is 2.46. The molecule has 0 unspecified atom stereocenters. The lowest BCUT2D eigenvalue weighted by molar-refractivity contribution is 0.317. The van der Waals surface area contributed by atoms with Crippen LogP contribution in [0.15, 0.2) is 45.2 Å². The van der Waals surface area contributed by atoms with Crippen LogP contribution in [0.2, 0.25) is 0 Å². The van der Waals surface area contributed by atoms with Crippen LogP contribution in [-0.2, 0) is 6.42 Å². The first kappa shape index (κ1) is 14.5. The zero-order valence-electron chi connectivity index (χ0n) is 10.6. The second-order valence-corrected chi connectivity index (χ2v) is 5.24. The summed E-state index contributed by atoms with van der Waals surface area (Å²) in [5.41, 5.74) is 0.595. The van der Waals surface area contributed by atoms with Crippen LogP contribution in [-0.4, -0.2) is 20.6 Å². The zero-order chi connectivity index (χ0) is 14.7. The zero-order valence-corrected chi connectivity index (χ0v) is 12.8. The molecule has 0 aliphatic heterocycles. The minimum atomic E-state index is -0.650. The second kappa shape index (κ2) is 6.04. The maximum Gasteiger partial charge on any atom is 0.334 e. The molecule has 1 aromatic carbocycles. The SMILES string of the molecule is CCc1ccc(/C(=N\O)n2cc(I)c(=O)[nH]c2=O)cc1. The van der Waals surface area contributed by atoms with Crippen LogP contribution >= 0.6 is 22.6 Å². The maximum absolute atomic E-state index is 11.8. The fourth-order valence-corrected chi connectivity index (χ4v) is 2.15. The molecule has 6 nitrogen and oxygen atoms in total. The van der Waals surface area contributed by atoms with E-state index in [-0.39, 0.29) is 5.84 Å². The number of aryl methyl sites for hydroxylation is 1. The Kier molecular flexibility index (Phi) is 4.38. The van der Waals surface area contributed by atoms with Gasteiger partial charge in [-0.15, -0.1) is 0 Å². The van der Waals surface area contributed by atoms with E-state index in [2.05, 4.69) is 10.1 Å². The highest BCUT2D eigenvalue weighted by molar-refractivity contribution is 14.1. The number of H-pyrrole nitrogens is 1. The molecule has 0 saturated heterocycles. The molecule has 2 rings (SSSR count). The Balaban J connectivity index is 2.55. The molecule has 0 atom stereocenters. The van der Waals surface area contributed by atoms with E-state index in [1.54, 1.807) is 34.7 Å². The third-order valence-corrected chi connectivity index (χ3v) is 3.61. The van der Waals surface area contributed by atoms with E-state index in [4.69, 9.17) is 0 Å². The van der Waals surface area contributed by atoms with Crippen LogP contribution in [0.4, 0.5) is 0 Å². The highest BCUT2D eigenvalue weighted by Gasteiger charge is 2.11. The number of aromatic amines is 1. The summed E-state index contributed by atoms with van der Waals surface area (Å²) >= 11 is 1.81. The number of oxime groups is 1. The number of nitrogens with one attached hydrogen (secondary N) is 1. The Bertz CT molecular complexity index is 760. The fraction of sp³-hybridized carbons (Fsp3) is 0.154. The molecular formula is C13H12IN3O3. The topological polar surface area (TPSA) is 87.4 Å². The van der Waals surface area contributed by atoms with Crippen molar-refractivity contribution in [2.45, 2.75) is 13.3 Å². The van der Waals surface area contributed by atoms with Crippen LogP contribution in [0.5, 0.6) is 0 Å². The van der Waals surface area contributed by atoms with Crippen molar-refractivity contribution in [3.8, 4) is 0 Å². The number of halogens is 1. The molecule has 2 aromatic rings. The quantitative estimate of drug-likeness (QED) is 0.269. The van der Waals surface area contributed by atoms with Crippen LogP contribution in [0, 0.1) is 3.57 Å². The molecular weight excluding hydrogens is 373 g/mol. The molecule has 0 amide bonds. The van der Waals surface area contributed by atoms with E-state index in [1.807, 2.05) is 19.1 Å². The van der Waals surface area contributed by atoms with Crippen molar-refractivity contribution >= 4 is 28.4 Å². The van der Waals surface area contributed by atoms with Gasteiger partial charge in [-0.25, -0.2) is 9.36 Å². The number of nitrogens with zero attached hydrogens (tertiary/aromatic N) is 2. The van der Waals surface area contributed by atoms with Crippen molar-refractivity contribution in [3.05, 3.63) is 66.0 Å². The van der Waals surface area contributed by atoms with Gasteiger partial charge in [0, 0.05) is 11.8 Å². The summed E-state index contributed by atoms with van der Waals surface area (Å²) in [4.78, 5) is 25.3. The van der Waals surface area contributed by atoms with Gasteiger partial charge in [0.05, 0.1) is 3.57 Å². The van der Waals surface area contributed by atoms with Gasteiger partial charge in [0.2, 0.25) is 0 Å². The number of hydrogen-bond acceptors (Lipinski definition) is 4. The van der Waals surface area contributed by atoms with E-state index in [0.29, 0.717) is 9.13 Å². The number of benzene rings is 1. The van der Waals surface area contributed by atoms with Crippen LogP contribution in [0.3, 0.4) is 0 Å². The van der Waals surface area contributed by atoms with Gasteiger partial charge < -0.3 is 5.21 Å². The summed E-state index contributed by atoms with van der Waals surface area (Å²) in [6, 6.07) is 7.31. The number of aromatic nitrogens is 2. The van der Waals surface area contributed by atoms with Gasteiger partial charge in [0.15, 0.2) is 5.84 Å². The maximum atomic E-state index is 11.8. The van der Waals surface area contributed by atoms with Crippen LogP contribution < -0.4 is 11.2 Å². The van der Waals surface area contributed by atoms with Crippen molar-refractivity contribution in [3.63, 3.8) is 0 Å². The Morgan fingerprint density at radius 1 is 1.35 bits per heavy atom. The largest absolute Gasteiger partial charge is 0.409 e. The molecule has 1 aromatic heterocycles. The Morgan fingerprint density at radius 3 is 2.55 bits per heavy atom. The highest BCUT2D eigenvalue weighted by Crippen LogP contribution is 2.07. The summed E-state index contributed by atoms with van der Waals surface area (Å²) in [5.74, 6) is 0.0619. The average molecular weight is 385 g/mol. The van der Waals surface area contributed by atoms with E-state index in [1.165, 1.54) is 6.20 Å². The van der Waals surface area contributed by atoms with Crippen molar-refractivity contribution < 1.29 is 5.21 Å². The minimum Gasteiger partial charge on any atom is -0.409 e. The van der Waals surface area contributed by atoms with Gasteiger partial charge in [0.25, 0.3) is 5.56 Å². The summed E-state index contributed by atoms with van der Waals surface area (Å²) in [6.45, 7) is 2.03. The fourth-order valence-electron chi connectivity index (χ4n) is 1.74. The molecule has 2 N–H and O–H groups in total. The van der Waals surface area contributed by atoms with Crippen LogP contribution in [0.1, 0.15) is 18.1 Å². The standard InChI is InChI=1S/C13H12IN3O3/c1-2-8-3-5-9(6-4-8)11(16-20)17-7-10(14)12(18)15-13(17)19/h3-7,20H,2H2,1H3,(H,15,18,19)/b16-11+. The van der Waals surface area contributed by atoms with Gasteiger partial charge in [-0.1, -0.05) is 36.3 Å². The first-order valence-electron chi connectivity index (χ1n) is 5.90. The van der Waals surface area contributed by atoms with Crippen molar-refractivity contribution in [1.29, 1.82) is 0 Å². The smallest absolute Gasteiger partial charge is 0.334 e. The number of rotatable bonds is 2. The van der Waals surface area contributed by atoms with Gasteiger partial charge in [-0.2, -0.15) is 0 Å². The predicted molar refractivity (Wildman–Crippen MR) is 83.6 cm³/mol. The van der Waals surface area contributed by atoms with E-state index in [9.17, 15) is 14.8 Å². The molecule has 0 fully saturated rings. The summed E-state index contributed by atoms with van der Waals surface area (Å²) in [6.07, 6.45) is 2.23. The van der Waals surface area contributed by atoms with E-state index >= 15 is 0 Å². The molecule has 0 aliphatic rings. The summed E-state index contributed by atoms with van der Waals surface area (Å²) in [7, 11) is 0. The second-order valence-electron chi connectivity index (χ2n) is 4.08. The van der Waals surface area contributed by atoms with Crippen LogP contribution in [0.25, 0.3) is 0 Å². The lowest BCUT2D eigenvalue weighted by Crippen LogP contribution is -2.35. The third kappa shape index (κ3) is 2.82. The number of hydrogen-bond donors (Lipinski definition) is 2. The van der Waals surface area contributed by atoms with E-state index in [0.717, 1.165) is 16.6 Å². The van der Waals surface area contributed by atoms with Crippen molar-refractivity contribution in [2.75, 3.05) is 0 Å². The van der Waals surface area contributed by atoms with Crippen molar-refractivity contribution in [2.24, 2.45) is 5.16 Å². The molecule has 0 spiro atoms. The molecule has 0 aliphatic carbocycles. The highest BCUT2D eigenvalue weighted by atomic mass is 127. The molecule has 0 saturated carbocycles. The Labute approximate surface area is 127 Å². The molecule has 20 heavy (non-hydrogen) atoms. The molecule has 0 radical (unpaired) electrons. The van der Waals surface area contributed by atoms with E-state index < -0.39 is 11.2 Å². The third-order valence-electron chi connectivity index (χ3n) is 2.84. The predicted octanol–water partition coefficient (Wildman–Crippen LogP) is 1.39. The molecule has 0 bridgehead atoms. The van der Waals surface area contributed by atoms with Gasteiger partial charge in [-0.05, 0) is 34.6 Å². The molecule has 104 valence electrons. The summed E-state index contributed by atoms with van der Waals surface area (Å²) < 4.78 is 1.43. The monoisotopic (exact) mass is 385 g/mol. The minimum absolute atomic E-state index is 0.0619. The first-order chi connectivity index (χ1) is 9.56. The Hall–Kier alpha value is -1.90. The molecule has 7 heteroatoms. The lowest BCUT2D eigenvalue weighted by Gasteiger charge is -2.08. The van der Waals surface area contributed by atoms with Gasteiger partial charge in [-0.3, -0.25) is 9.78 Å². The van der Waals surface area contributed by atoms with Gasteiger partial charge >= 0.3 is 5.69 Å².